The number of nitriles is 1. The van der Waals surface area contributed by atoms with Gasteiger partial charge in [0.15, 0.2) is 0 Å². The Morgan fingerprint density at radius 1 is 1.64 bits per heavy atom. The zero-order valence-corrected chi connectivity index (χ0v) is 8.96. The van der Waals surface area contributed by atoms with Crippen molar-refractivity contribution in [3.05, 3.63) is 29.3 Å². The number of aryl methyl sites for hydroxylation is 1. The van der Waals surface area contributed by atoms with Crippen molar-refractivity contribution in [3.63, 3.8) is 0 Å². The summed E-state index contributed by atoms with van der Waals surface area (Å²) in [6.45, 7) is 1.76. The average molecular weight is 221 g/mol. The molecule has 0 bridgehead atoms. The summed E-state index contributed by atoms with van der Waals surface area (Å²) in [7, 11) is 0. The van der Waals surface area contributed by atoms with E-state index in [-0.39, 0.29) is 38.5 Å². The van der Waals surface area contributed by atoms with Crippen LogP contribution in [0.15, 0.2) is 12.1 Å². The first kappa shape index (κ1) is 10.6. The molecule has 0 atom stereocenters. The fourth-order valence-electron chi connectivity index (χ4n) is 0.716. The van der Waals surface area contributed by atoms with Crippen LogP contribution in [0.4, 0.5) is 0 Å². The van der Waals surface area contributed by atoms with E-state index < -0.39 is 0 Å². The normalized spacial score (nSPS) is 8.00. The maximum atomic E-state index is 8.89. The van der Waals surface area contributed by atoms with Crippen LogP contribution in [0.25, 0.3) is 0 Å². The Morgan fingerprint density at radius 3 is 2.73 bits per heavy atom. The summed E-state index contributed by atoms with van der Waals surface area (Å²) < 4.78 is 0. The van der Waals surface area contributed by atoms with Crippen LogP contribution in [0.5, 0.6) is 5.75 Å². The molecule has 0 unspecified atom stereocenters. The van der Waals surface area contributed by atoms with Gasteiger partial charge in [0, 0.05) is 38.5 Å². The van der Waals surface area contributed by atoms with Gasteiger partial charge in [-0.05, 0) is 6.07 Å². The predicted molar refractivity (Wildman–Crippen MR) is 36.4 cm³/mol. The quantitative estimate of drug-likeness (QED) is 0.672. The van der Waals surface area contributed by atoms with Gasteiger partial charge in [-0.3, -0.25) is 5.26 Å². The summed E-state index contributed by atoms with van der Waals surface area (Å²) in [5.74, 6) is 0.150. The molecule has 0 heterocycles. The number of phenolic OH excluding ortho intramolecular Hbond substituents is 1. The van der Waals surface area contributed by atoms with Crippen LogP contribution >= 0.6 is 0 Å². The number of nitrogens with zero attached hydrogens (tertiary/aromatic N) is 1. The minimum Gasteiger partial charge on any atom is -0.551 e. The molecule has 1 aromatic rings. The molecule has 11 heavy (non-hydrogen) atoms. The molecule has 0 spiro atoms. The number of rotatable bonds is 0. The Morgan fingerprint density at radius 2 is 2.27 bits per heavy atom. The van der Waals surface area contributed by atoms with E-state index in [9.17, 15) is 0 Å². The number of phenols is 1. The molecule has 0 aliphatic rings. The molecule has 0 aliphatic heterocycles. The smallest absolute Gasteiger partial charge is 0.0322 e. The number of hydrogen-bond acceptors (Lipinski definition) is 2. The van der Waals surface area contributed by atoms with Crippen molar-refractivity contribution in [2.75, 3.05) is 0 Å². The topological polar surface area (TPSA) is 44.0 Å². The van der Waals surface area contributed by atoms with Gasteiger partial charge in [0.1, 0.15) is 0 Å². The average Bonchev–Trinajstić information content (AvgIpc) is 1.88. The minimum atomic E-state index is 0. The molecule has 0 fully saturated rings. The Balaban J connectivity index is 0.000001000. The molecule has 0 aromatic heterocycles. The van der Waals surface area contributed by atoms with Gasteiger partial charge in [-0.1, -0.05) is 12.5 Å². The van der Waals surface area contributed by atoms with Crippen molar-refractivity contribution < 1.29 is 37.8 Å². The SMILES string of the molecule is Cc1cc(O)c[c-]c1C#N.[Y]. The second-order valence-electron chi connectivity index (χ2n) is 2.03. The van der Waals surface area contributed by atoms with Gasteiger partial charge in [-0.15, -0.1) is 23.8 Å². The molecule has 1 aromatic carbocycles. The molecule has 53 valence electrons. The van der Waals surface area contributed by atoms with Crippen LogP contribution in [0.3, 0.4) is 0 Å². The fourth-order valence-corrected chi connectivity index (χ4v) is 0.716. The van der Waals surface area contributed by atoms with E-state index in [0.29, 0.717) is 5.56 Å². The maximum Gasteiger partial charge on any atom is 0.0322 e. The molecule has 2 nitrogen and oxygen atoms in total. The Labute approximate surface area is 90.7 Å². The molecular formula is C8H6NOY-. The predicted octanol–water partition coefficient (Wildman–Crippen LogP) is 1.37. The van der Waals surface area contributed by atoms with E-state index in [1.807, 2.05) is 6.07 Å². The van der Waals surface area contributed by atoms with Gasteiger partial charge in [0.25, 0.3) is 0 Å². The second-order valence-corrected chi connectivity index (χ2v) is 2.03. The molecule has 1 N–H and O–H groups in total. The van der Waals surface area contributed by atoms with Crippen molar-refractivity contribution in [3.8, 4) is 11.8 Å². The summed E-state index contributed by atoms with van der Waals surface area (Å²) in [5, 5.41) is 17.3. The van der Waals surface area contributed by atoms with E-state index in [1.54, 1.807) is 6.92 Å². The van der Waals surface area contributed by atoms with E-state index in [4.69, 9.17) is 10.4 Å². The zero-order chi connectivity index (χ0) is 7.56. The first-order valence-electron chi connectivity index (χ1n) is 2.85. The van der Waals surface area contributed by atoms with Crippen LogP contribution in [0.2, 0.25) is 0 Å². The third-order valence-electron chi connectivity index (χ3n) is 1.23. The number of hydrogen-bond donors (Lipinski definition) is 1. The molecule has 0 saturated heterocycles. The molecule has 0 amide bonds. The van der Waals surface area contributed by atoms with Crippen molar-refractivity contribution in [2.45, 2.75) is 6.92 Å². The van der Waals surface area contributed by atoms with Crippen molar-refractivity contribution >= 4 is 0 Å². The van der Waals surface area contributed by atoms with Gasteiger partial charge in [0.2, 0.25) is 0 Å². The Hall–Kier alpha value is -0.386. The number of aromatic hydroxyl groups is 1. The van der Waals surface area contributed by atoms with Crippen molar-refractivity contribution in [1.82, 2.24) is 0 Å². The number of benzene rings is 1. The van der Waals surface area contributed by atoms with Crippen LogP contribution in [0.1, 0.15) is 11.1 Å². The van der Waals surface area contributed by atoms with E-state index >= 15 is 0 Å². The first-order chi connectivity index (χ1) is 4.74. The second kappa shape index (κ2) is 4.48. The Kier molecular flexibility index (Phi) is 4.33. The third kappa shape index (κ3) is 2.61. The third-order valence-corrected chi connectivity index (χ3v) is 1.23. The standard InChI is InChI=1S/C8H6NO.Y/c1-6-4-8(10)3-2-7(6)5-9;/h3-4,10H,1H3;/q-1;. The molecule has 3 heteroatoms. The maximum absolute atomic E-state index is 8.89. The van der Waals surface area contributed by atoms with Crippen LogP contribution in [-0.2, 0) is 32.7 Å². The Bertz CT molecular complexity index is 291. The fraction of sp³-hybridized carbons (Fsp3) is 0.125. The van der Waals surface area contributed by atoms with Gasteiger partial charge >= 0.3 is 0 Å². The zero-order valence-electron chi connectivity index (χ0n) is 6.13. The monoisotopic (exact) mass is 221 g/mol. The van der Waals surface area contributed by atoms with Crippen LogP contribution in [-0.4, -0.2) is 5.11 Å². The van der Waals surface area contributed by atoms with Crippen LogP contribution < -0.4 is 0 Å². The molecule has 0 saturated carbocycles. The summed E-state index contributed by atoms with van der Waals surface area (Å²) in [6, 6.07) is 7.52. The van der Waals surface area contributed by atoms with Crippen molar-refractivity contribution in [2.24, 2.45) is 0 Å². The molecule has 1 radical (unpaired) electrons. The van der Waals surface area contributed by atoms with E-state index in [0.717, 1.165) is 5.56 Å². The first-order valence-corrected chi connectivity index (χ1v) is 2.85. The molecular weight excluding hydrogens is 215 g/mol. The van der Waals surface area contributed by atoms with Gasteiger partial charge in [-0.25, -0.2) is 0 Å². The van der Waals surface area contributed by atoms with Gasteiger partial charge < -0.3 is 5.11 Å². The van der Waals surface area contributed by atoms with Gasteiger partial charge in [-0.2, -0.15) is 0 Å². The summed E-state index contributed by atoms with van der Waals surface area (Å²) in [4.78, 5) is 0. The van der Waals surface area contributed by atoms with E-state index in [1.165, 1.54) is 12.1 Å². The van der Waals surface area contributed by atoms with Gasteiger partial charge in [0.05, 0.1) is 0 Å². The van der Waals surface area contributed by atoms with E-state index in [2.05, 4.69) is 6.07 Å². The summed E-state index contributed by atoms with van der Waals surface area (Å²) in [6.07, 6.45) is 0. The van der Waals surface area contributed by atoms with Crippen LogP contribution in [0, 0.1) is 24.3 Å². The molecule has 1 rings (SSSR count). The summed E-state index contributed by atoms with van der Waals surface area (Å²) >= 11 is 0. The summed E-state index contributed by atoms with van der Waals surface area (Å²) in [5.41, 5.74) is 1.24. The minimum absolute atomic E-state index is 0. The molecule has 0 aliphatic carbocycles. The van der Waals surface area contributed by atoms with Crippen molar-refractivity contribution in [1.29, 1.82) is 5.26 Å². The largest absolute Gasteiger partial charge is 0.551 e.